The number of hydrogen-bond donors (Lipinski definition) is 2. The van der Waals surface area contributed by atoms with Crippen molar-refractivity contribution in [3.8, 4) is 0 Å². The molecular formula is C13H14N2O4. The van der Waals surface area contributed by atoms with Crippen molar-refractivity contribution in [2.45, 2.75) is 12.5 Å². The lowest BCUT2D eigenvalue weighted by Gasteiger charge is -2.13. The number of carbonyl (C=O) groups is 3. The number of rotatable bonds is 3. The Morgan fingerprint density at radius 2 is 1.95 bits per heavy atom. The predicted molar refractivity (Wildman–Crippen MR) is 66.9 cm³/mol. The SMILES string of the molecule is CN1CCC(NC(=O)c2ccccc2C(=O)O)C1=O. The van der Waals surface area contributed by atoms with Gasteiger partial charge in [0, 0.05) is 13.6 Å². The third-order valence-corrected chi connectivity index (χ3v) is 3.13. The van der Waals surface area contributed by atoms with Gasteiger partial charge < -0.3 is 15.3 Å². The number of carbonyl (C=O) groups excluding carboxylic acids is 2. The quantitative estimate of drug-likeness (QED) is 0.822. The molecule has 2 rings (SSSR count). The minimum Gasteiger partial charge on any atom is -0.478 e. The lowest BCUT2D eigenvalue weighted by atomic mass is 10.1. The van der Waals surface area contributed by atoms with Gasteiger partial charge >= 0.3 is 5.97 Å². The van der Waals surface area contributed by atoms with E-state index < -0.39 is 17.9 Å². The molecule has 0 saturated carbocycles. The highest BCUT2D eigenvalue weighted by atomic mass is 16.4. The molecule has 2 amide bonds. The third-order valence-electron chi connectivity index (χ3n) is 3.13. The number of likely N-dealkylation sites (tertiary alicyclic amines) is 1. The van der Waals surface area contributed by atoms with Gasteiger partial charge in [-0.15, -0.1) is 0 Å². The van der Waals surface area contributed by atoms with Gasteiger partial charge in [-0.1, -0.05) is 12.1 Å². The highest BCUT2D eigenvalue weighted by Crippen LogP contribution is 2.12. The molecule has 0 spiro atoms. The summed E-state index contributed by atoms with van der Waals surface area (Å²) in [6, 6.07) is 5.36. The maximum absolute atomic E-state index is 12.0. The number of nitrogens with zero attached hydrogens (tertiary/aromatic N) is 1. The number of nitrogens with one attached hydrogen (secondary N) is 1. The lowest BCUT2D eigenvalue weighted by Crippen LogP contribution is -2.41. The van der Waals surface area contributed by atoms with Crippen LogP contribution in [-0.2, 0) is 4.79 Å². The van der Waals surface area contributed by atoms with Crippen LogP contribution in [0.25, 0.3) is 0 Å². The molecule has 0 aromatic heterocycles. The summed E-state index contributed by atoms with van der Waals surface area (Å²) in [4.78, 5) is 36.3. The van der Waals surface area contributed by atoms with E-state index >= 15 is 0 Å². The van der Waals surface area contributed by atoms with E-state index in [1.807, 2.05) is 0 Å². The molecule has 2 N–H and O–H groups in total. The lowest BCUT2D eigenvalue weighted by molar-refractivity contribution is -0.128. The molecule has 1 aromatic rings. The molecule has 19 heavy (non-hydrogen) atoms. The minimum atomic E-state index is -1.17. The molecular weight excluding hydrogens is 248 g/mol. The molecule has 1 aliphatic heterocycles. The van der Waals surface area contributed by atoms with E-state index in [2.05, 4.69) is 5.32 Å². The molecule has 1 heterocycles. The highest BCUT2D eigenvalue weighted by Gasteiger charge is 2.31. The molecule has 0 bridgehead atoms. The number of benzene rings is 1. The summed E-state index contributed by atoms with van der Waals surface area (Å²) < 4.78 is 0. The monoisotopic (exact) mass is 262 g/mol. The zero-order valence-corrected chi connectivity index (χ0v) is 10.4. The first-order valence-electron chi connectivity index (χ1n) is 5.89. The van der Waals surface area contributed by atoms with Gasteiger partial charge in [0.05, 0.1) is 11.1 Å². The summed E-state index contributed by atoms with van der Waals surface area (Å²) in [6.07, 6.45) is 0.538. The molecule has 0 aliphatic carbocycles. The fourth-order valence-corrected chi connectivity index (χ4v) is 2.06. The van der Waals surface area contributed by atoms with Crippen LogP contribution in [0, 0.1) is 0 Å². The van der Waals surface area contributed by atoms with Crippen LogP contribution in [-0.4, -0.2) is 47.4 Å². The van der Waals surface area contributed by atoms with Crippen LogP contribution in [0.5, 0.6) is 0 Å². The van der Waals surface area contributed by atoms with Gasteiger partial charge in [0.15, 0.2) is 0 Å². The van der Waals surface area contributed by atoms with E-state index in [0.717, 1.165) is 0 Å². The highest BCUT2D eigenvalue weighted by molar-refractivity contribution is 6.06. The maximum Gasteiger partial charge on any atom is 0.336 e. The smallest absolute Gasteiger partial charge is 0.336 e. The Labute approximate surface area is 110 Å². The minimum absolute atomic E-state index is 0.0670. The molecule has 6 nitrogen and oxygen atoms in total. The van der Waals surface area contributed by atoms with Crippen LogP contribution in [0.3, 0.4) is 0 Å². The zero-order chi connectivity index (χ0) is 14.0. The van der Waals surface area contributed by atoms with E-state index in [-0.39, 0.29) is 17.0 Å². The summed E-state index contributed by atoms with van der Waals surface area (Å²) in [5.41, 5.74) is -0.00356. The van der Waals surface area contributed by atoms with Crippen LogP contribution < -0.4 is 5.32 Å². The number of amides is 2. The van der Waals surface area contributed by atoms with Crippen molar-refractivity contribution in [2.24, 2.45) is 0 Å². The van der Waals surface area contributed by atoms with Crippen molar-refractivity contribution in [3.63, 3.8) is 0 Å². The van der Waals surface area contributed by atoms with Crippen molar-refractivity contribution >= 4 is 17.8 Å². The van der Waals surface area contributed by atoms with E-state index in [9.17, 15) is 14.4 Å². The zero-order valence-electron chi connectivity index (χ0n) is 10.4. The van der Waals surface area contributed by atoms with Crippen molar-refractivity contribution in [3.05, 3.63) is 35.4 Å². The van der Waals surface area contributed by atoms with E-state index in [1.54, 1.807) is 19.2 Å². The number of hydrogen-bond acceptors (Lipinski definition) is 3. The molecule has 1 unspecified atom stereocenters. The van der Waals surface area contributed by atoms with Gasteiger partial charge in [-0.2, -0.15) is 0 Å². The average Bonchev–Trinajstić information content (AvgIpc) is 2.70. The van der Waals surface area contributed by atoms with Crippen LogP contribution in [0.15, 0.2) is 24.3 Å². The van der Waals surface area contributed by atoms with Crippen molar-refractivity contribution in [2.75, 3.05) is 13.6 Å². The fraction of sp³-hybridized carbons (Fsp3) is 0.308. The number of likely N-dealkylation sites (N-methyl/N-ethyl adjacent to an activating group) is 1. The third kappa shape index (κ3) is 2.57. The summed E-state index contributed by atoms with van der Waals surface area (Å²) in [5, 5.41) is 11.6. The van der Waals surface area contributed by atoms with E-state index in [0.29, 0.717) is 13.0 Å². The topological polar surface area (TPSA) is 86.7 Å². The van der Waals surface area contributed by atoms with Crippen molar-refractivity contribution in [1.82, 2.24) is 10.2 Å². The molecule has 1 saturated heterocycles. The van der Waals surface area contributed by atoms with Crippen LogP contribution >= 0.6 is 0 Å². The second-order valence-electron chi connectivity index (χ2n) is 4.43. The molecule has 1 atom stereocenters. The van der Waals surface area contributed by atoms with Gasteiger partial charge in [-0.3, -0.25) is 9.59 Å². The summed E-state index contributed by atoms with van der Waals surface area (Å²) in [7, 11) is 1.67. The number of carboxylic acids is 1. The van der Waals surface area contributed by atoms with E-state index in [4.69, 9.17) is 5.11 Å². The molecule has 100 valence electrons. The second-order valence-corrected chi connectivity index (χ2v) is 4.43. The molecule has 1 aliphatic rings. The van der Waals surface area contributed by atoms with Gasteiger partial charge in [-0.05, 0) is 18.6 Å². The Hall–Kier alpha value is -2.37. The van der Waals surface area contributed by atoms with Gasteiger partial charge in [0.25, 0.3) is 5.91 Å². The van der Waals surface area contributed by atoms with Crippen molar-refractivity contribution < 1.29 is 19.5 Å². The van der Waals surface area contributed by atoms with E-state index in [1.165, 1.54) is 17.0 Å². The van der Waals surface area contributed by atoms with Crippen LogP contribution in [0.4, 0.5) is 0 Å². The van der Waals surface area contributed by atoms with Crippen LogP contribution in [0.2, 0.25) is 0 Å². The van der Waals surface area contributed by atoms with Gasteiger partial charge in [0.2, 0.25) is 5.91 Å². The first-order valence-corrected chi connectivity index (χ1v) is 5.89. The Balaban J connectivity index is 2.17. The maximum atomic E-state index is 12.0. The fourth-order valence-electron chi connectivity index (χ4n) is 2.06. The Morgan fingerprint density at radius 3 is 2.47 bits per heavy atom. The first-order chi connectivity index (χ1) is 9.00. The normalized spacial score (nSPS) is 18.5. The predicted octanol–water partition coefficient (Wildman–Crippen LogP) is 0.345. The molecule has 1 aromatic carbocycles. The van der Waals surface area contributed by atoms with Gasteiger partial charge in [0.1, 0.15) is 6.04 Å². The van der Waals surface area contributed by atoms with Gasteiger partial charge in [-0.25, -0.2) is 4.79 Å². The summed E-state index contributed by atoms with van der Waals surface area (Å²) >= 11 is 0. The van der Waals surface area contributed by atoms with Crippen molar-refractivity contribution in [1.29, 1.82) is 0 Å². The second kappa shape index (κ2) is 5.09. The summed E-state index contributed by atoms with van der Waals surface area (Å²) in [5.74, 6) is -1.85. The number of aromatic carboxylic acids is 1. The standard InChI is InChI=1S/C13H14N2O4/c1-15-7-6-10(12(15)17)14-11(16)8-4-2-3-5-9(8)13(18)19/h2-5,10H,6-7H2,1H3,(H,14,16)(H,18,19). The summed E-state index contributed by atoms with van der Waals surface area (Å²) in [6.45, 7) is 0.588. The first kappa shape index (κ1) is 13.1. The largest absolute Gasteiger partial charge is 0.478 e. The Kier molecular flexibility index (Phi) is 3.50. The Bertz CT molecular complexity index is 541. The Morgan fingerprint density at radius 1 is 1.32 bits per heavy atom. The average molecular weight is 262 g/mol. The molecule has 1 fully saturated rings. The van der Waals surface area contributed by atoms with Crippen LogP contribution in [0.1, 0.15) is 27.1 Å². The number of carboxylic acid groups (broad SMARTS) is 1. The molecule has 0 radical (unpaired) electrons. The molecule has 6 heteroatoms.